The van der Waals surface area contributed by atoms with Crippen LogP contribution in [0.2, 0.25) is 0 Å². The highest BCUT2D eigenvalue weighted by molar-refractivity contribution is 7.15. The largest absolute Gasteiger partial charge is 0.321 e. The molecule has 0 atom stereocenters. The standard InChI is InChI=1S/C17H15N5OS/c1-10-15(11(2)21-20-10)16(23)18-13-6-4-3-5-12(13)14-9-22-7-8-24-17(22)19-14/h3-9H,1-2H3,(H,18,23)(H,20,21). The van der Waals surface area contributed by atoms with E-state index in [4.69, 9.17) is 0 Å². The van der Waals surface area contributed by atoms with E-state index in [1.54, 1.807) is 11.3 Å². The maximum Gasteiger partial charge on any atom is 0.259 e. The highest BCUT2D eigenvalue weighted by Crippen LogP contribution is 2.29. The maximum atomic E-state index is 12.6. The van der Waals surface area contributed by atoms with Crippen LogP contribution in [0.5, 0.6) is 0 Å². The molecule has 3 aromatic heterocycles. The third-order valence-electron chi connectivity index (χ3n) is 3.90. The molecule has 4 rings (SSSR count). The number of hydrogen-bond acceptors (Lipinski definition) is 4. The molecule has 0 unspecified atom stereocenters. The number of rotatable bonds is 3. The summed E-state index contributed by atoms with van der Waals surface area (Å²) in [5.74, 6) is -0.174. The second-order valence-corrected chi connectivity index (χ2v) is 6.40. The first-order valence-corrected chi connectivity index (χ1v) is 8.36. The van der Waals surface area contributed by atoms with Crippen molar-refractivity contribution in [2.24, 2.45) is 0 Å². The molecule has 0 spiro atoms. The highest BCUT2D eigenvalue weighted by Gasteiger charge is 2.17. The lowest BCUT2D eigenvalue weighted by Crippen LogP contribution is -2.14. The Kier molecular flexibility index (Phi) is 3.42. The van der Waals surface area contributed by atoms with Gasteiger partial charge in [0.2, 0.25) is 0 Å². The number of anilines is 1. The molecule has 1 amide bonds. The number of aromatic amines is 1. The van der Waals surface area contributed by atoms with Gasteiger partial charge in [-0.05, 0) is 19.9 Å². The fourth-order valence-electron chi connectivity index (χ4n) is 2.74. The lowest BCUT2D eigenvalue weighted by atomic mass is 10.1. The number of aromatic nitrogens is 4. The first-order valence-electron chi connectivity index (χ1n) is 7.48. The summed E-state index contributed by atoms with van der Waals surface area (Å²) in [5, 5.41) is 11.9. The summed E-state index contributed by atoms with van der Waals surface area (Å²) in [6, 6.07) is 7.67. The van der Waals surface area contributed by atoms with Gasteiger partial charge in [0.05, 0.1) is 22.6 Å². The number of imidazole rings is 1. The summed E-state index contributed by atoms with van der Waals surface area (Å²) in [4.78, 5) is 18.2. The first kappa shape index (κ1) is 14.6. The zero-order chi connectivity index (χ0) is 16.7. The summed E-state index contributed by atoms with van der Waals surface area (Å²) in [6.07, 6.45) is 3.93. The monoisotopic (exact) mass is 337 g/mol. The molecule has 0 aliphatic heterocycles. The molecule has 0 aliphatic carbocycles. The normalized spacial score (nSPS) is 11.1. The van der Waals surface area contributed by atoms with E-state index in [0.717, 1.165) is 27.6 Å². The Morgan fingerprint density at radius 2 is 2.12 bits per heavy atom. The van der Waals surface area contributed by atoms with Crippen molar-refractivity contribution >= 4 is 27.9 Å². The van der Waals surface area contributed by atoms with E-state index in [9.17, 15) is 4.79 Å². The molecule has 7 heteroatoms. The maximum absolute atomic E-state index is 12.6. The SMILES string of the molecule is Cc1n[nH]c(C)c1C(=O)Nc1ccccc1-c1cn2ccsc2n1. The number of nitrogens with zero attached hydrogens (tertiary/aromatic N) is 3. The Hall–Kier alpha value is -2.93. The number of aryl methyl sites for hydroxylation is 2. The third kappa shape index (κ3) is 2.39. The Balaban J connectivity index is 1.72. The number of H-pyrrole nitrogens is 1. The highest BCUT2D eigenvalue weighted by atomic mass is 32.1. The molecule has 1 aromatic carbocycles. The number of carbonyl (C=O) groups is 1. The van der Waals surface area contributed by atoms with Gasteiger partial charge in [-0.25, -0.2) is 4.98 Å². The minimum Gasteiger partial charge on any atom is -0.321 e. The van der Waals surface area contributed by atoms with Crippen LogP contribution >= 0.6 is 11.3 Å². The number of amides is 1. The third-order valence-corrected chi connectivity index (χ3v) is 4.67. The molecule has 4 aromatic rings. The predicted molar refractivity (Wildman–Crippen MR) is 94.5 cm³/mol. The van der Waals surface area contributed by atoms with Gasteiger partial charge in [-0.1, -0.05) is 18.2 Å². The van der Waals surface area contributed by atoms with E-state index in [2.05, 4.69) is 20.5 Å². The Labute approximate surface area is 142 Å². The molecule has 0 aliphatic rings. The summed E-state index contributed by atoms with van der Waals surface area (Å²) in [7, 11) is 0. The number of para-hydroxylation sites is 1. The molecule has 6 nitrogen and oxygen atoms in total. The van der Waals surface area contributed by atoms with Crippen LogP contribution in [0.15, 0.2) is 42.0 Å². The number of carbonyl (C=O) groups excluding carboxylic acids is 1. The van der Waals surface area contributed by atoms with E-state index in [0.29, 0.717) is 11.3 Å². The van der Waals surface area contributed by atoms with Crippen molar-refractivity contribution in [3.63, 3.8) is 0 Å². The zero-order valence-corrected chi connectivity index (χ0v) is 14.0. The van der Waals surface area contributed by atoms with Gasteiger partial charge in [-0.3, -0.25) is 14.3 Å². The quantitative estimate of drug-likeness (QED) is 0.599. The van der Waals surface area contributed by atoms with Crippen LogP contribution in [0.1, 0.15) is 21.7 Å². The number of thiazole rings is 1. The van der Waals surface area contributed by atoms with Crippen LogP contribution in [-0.4, -0.2) is 25.5 Å². The molecule has 3 heterocycles. The molecule has 24 heavy (non-hydrogen) atoms. The lowest BCUT2D eigenvalue weighted by Gasteiger charge is -2.09. The average molecular weight is 337 g/mol. The van der Waals surface area contributed by atoms with Gasteiger partial charge < -0.3 is 5.32 Å². The number of hydrogen-bond donors (Lipinski definition) is 2. The van der Waals surface area contributed by atoms with E-state index in [-0.39, 0.29) is 5.91 Å². The number of fused-ring (bicyclic) bond motifs is 1. The van der Waals surface area contributed by atoms with Gasteiger partial charge in [-0.15, -0.1) is 11.3 Å². The lowest BCUT2D eigenvalue weighted by molar-refractivity contribution is 0.102. The molecule has 120 valence electrons. The molecule has 0 bridgehead atoms. The molecule has 0 radical (unpaired) electrons. The van der Waals surface area contributed by atoms with Crippen LogP contribution in [0.3, 0.4) is 0 Å². The summed E-state index contributed by atoms with van der Waals surface area (Å²) in [6.45, 7) is 3.65. The van der Waals surface area contributed by atoms with Gasteiger partial charge in [0.25, 0.3) is 5.91 Å². The predicted octanol–water partition coefficient (Wildman–Crippen LogP) is 3.66. The van der Waals surface area contributed by atoms with E-state index >= 15 is 0 Å². The van der Waals surface area contributed by atoms with Gasteiger partial charge in [0.15, 0.2) is 4.96 Å². The molecule has 0 saturated carbocycles. The average Bonchev–Trinajstić information content (AvgIpc) is 3.23. The van der Waals surface area contributed by atoms with Crippen molar-refractivity contribution in [2.45, 2.75) is 13.8 Å². The van der Waals surface area contributed by atoms with Crippen molar-refractivity contribution in [1.82, 2.24) is 19.6 Å². The minimum absolute atomic E-state index is 0.174. The van der Waals surface area contributed by atoms with Crippen molar-refractivity contribution in [1.29, 1.82) is 0 Å². The Morgan fingerprint density at radius 3 is 2.88 bits per heavy atom. The fraction of sp³-hybridized carbons (Fsp3) is 0.118. The van der Waals surface area contributed by atoms with Crippen LogP contribution in [0.25, 0.3) is 16.2 Å². The van der Waals surface area contributed by atoms with Crippen molar-refractivity contribution < 1.29 is 4.79 Å². The molecular formula is C17H15N5OS. The van der Waals surface area contributed by atoms with Crippen LogP contribution in [0, 0.1) is 13.8 Å². The topological polar surface area (TPSA) is 75.1 Å². The van der Waals surface area contributed by atoms with Crippen molar-refractivity contribution in [2.75, 3.05) is 5.32 Å². The molecule has 0 fully saturated rings. The van der Waals surface area contributed by atoms with E-state index < -0.39 is 0 Å². The van der Waals surface area contributed by atoms with Crippen LogP contribution in [-0.2, 0) is 0 Å². The summed E-state index contributed by atoms with van der Waals surface area (Å²) < 4.78 is 1.98. The molecule has 2 N–H and O–H groups in total. The summed E-state index contributed by atoms with van der Waals surface area (Å²) >= 11 is 1.58. The smallest absolute Gasteiger partial charge is 0.259 e. The van der Waals surface area contributed by atoms with Gasteiger partial charge in [0.1, 0.15) is 0 Å². The van der Waals surface area contributed by atoms with Gasteiger partial charge >= 0.3 is 0 Å². The number of benzene rings is 1. The molecule has 0 saturated heterocycles. The summed E-state index contributed by atoms with van der Waals surface area (Å²) in [5.41, 5.74) is 4.47. The van der Waals surface area contributed by atoms with Gasteiger partial charge in [-0.2, -0.15) is 5.10 Å². The van der Waals surface area contributed by atoms with E-state index in [1.807, 2.05) is 60.3 Å². The van der Waals surface area contributed by atoms with Crippen LogP contribution in [0.4, 0.5) is 5.69 Å². The molecular weight excluding hydrogens is 322 g/mol. The Morgan fingerprint density at radius 1 is 1.29 bits per heavy atom. The Bertz CT molecular complexity index is 994. The van der Waals surface area contributed by atoms with E-state index in [1.165, 1.54) is 0 Å². The zero-order valence-electron chi connectivity index (χ0n) is 13.2. The van der Waals surface area contributed by atoms with Crippen LogP contribution < -0.4 is 5.32 Å². The second kappa shape index (κ2) is 5.61. The fourth-order valence-corrected chi connectivity index (χ4v) is 3.44. The number of nitrogens with one attached hydrogen (secondary N) is 2. The van der Waals surface area contributed by atoms with Crippen molar-refractivity contribution in [3.05, 3.63) is 59.0 Å². The minimum atomic E-state index is -0.174. The van der Waals surface area contributed by atoms with Gasteiger partial charge in [0, 0.05) is 29.0 Å². The second-order valence-electron chi connectivity index (χ2n) is 5.53. The first-order chi connectivity index (χ1) is 11.6. The van der Waals surface area contributed by atoms with Crippen molar-refractivity contribution in [3.8, 4) is 11.3 Å².